The third kappa shape index (κ3) is 1.53. The molecule has 1 heterocycles. The second-order valence-electron chi connectivity index (χ2n) is 5.03. The maximum Gasteiger partial charge on any atom is 0.192 e. The summed E-state index contributed by atoms with van der Waals surface area (Å²) in [5.41, 5.74) is 7.44. The van der Waals surface area contributed by atoms with Gasteiger partial charge >= 0.3 is 0 Å². The van der Waals surface area contributed by atoms with Crippen LogP contribution >= 0.6 is 0 Å². The molecule has 0 saturated heterocycles. The van der Waals surface area contributed by atoms with Crippen molar-refractivity contribution in [2.24, 2.45) is 10.7 Å². The molecule has 0 amide bonds. The van der Waals surface area contributed by atoms with E-state index in [0.717, 1.165) is 18.9 Å². The predicted octanol–water partition coefficient (Wildman–Crippen LogP) is 2.08. The standard InChI is InChI=1S/C14H19N3/c1-2-14(11-6-4-3-5-7-11)10-16-13(15)17(14)12-8-9-12/h3-7,12H,2,8-10H2,1H3,(H2,15,16). The largest absolute Gasteiger partial charge is 0.370 e. The van der Waals surface area contributed by atoms with Crippen molar-refractivity contribution in [3.05, 3.63) is 35.9 Å². The zero-order valence-corrected chi connectivity index (χ0v) is 10.3. The molecule has 17 heavy (non-hydrogen) atoms. The van der Waals surface area contributed by atoms with Crippen molar-refractivity contribution in [2.45, 2.75) is 37.8 Å². The molecule has 2 aliphatic rings. The van der Waals surface area contributed by atoms with Gasteiger partial charge in [-0.2, -0.15) is 0 Å². The molecule has 1 aromatic rings. The van der Waals surface area contributed by atoms with Crippen LogP contribution in [0.5, 0.6) is 0 Å². The minimum Gasteiger partial charge on any atom is -0.370 e. The van der Waals surface area contributed by atoms with Gasteiger partial charge in [-0.25, -0.2) is 0 Å². The molecule has 1 saturated carbocycles. The first kappa shape index (κ1) is 10.6. The Hall–Kier alpha value is -1.51. The summed E-state index contributed by atoms with van der Waals surface area (Å²) in [5.74, 6) is 0.734. The average Bonchev–Trinajstić information content (AvgIpc) is 3.15. The third-order valence-electron chi connectivity index (χ3n) is 4.02. The van der Waals surface area contributed by atoms with Gasteiger partial charge in [-0.1, -0.05) is 37.3 Å². The molecular formula is C14H19N3. The van der Waals surface area contributed by atoms with E-state index in [2.05, 4.69) is 47.1 Å². The summed E-state index contributed by atoms with van der Waals surface area (Å²) in [6, 6.07) is 11.3. The van der Waals surface area contributed by atoms with Crippen LogP contribution in [-0.4, -0.2) is 23.4 Å². The SMILES string of the molecule is CCC1(c2ccccc2)CN=C(N)N1C1CC1. The highest BCUT2D eigenvalue weighted by Crippen LogP contribution is 2.43. The van der Waals surface area contributed by atoms with E-state index in [9.17, 15) is 0 Å². The Morgan fingerprint density at radius 1 is 1.35 bits per heavy atom. The lowest BCUT2D eigenvalue weighted by molar-refractivity contribution is 0.185. The molecule has 90 valence electrons. The number of guanidine groups is 1. The normalized spacial score (nSPS) is 28.3. The van der Waals surface area contributed by atoms with Crippen LogP contribution in [0.2, 0.25) is 0 Å². The fourth-order valence-electron chi connectivity index (χ4n) is 2.92. The summed E-state index contributed by atoms with van der Waals surface area (Å²) in [5, 5.41) is 0. The molecule has 3 nitrogen and oxygen atoms in total. The zero-order valence-electron chi connectivity index (χ0n) is 10.3. The Bertz CT molecular complexity index is 436. The van der Waals surface area contributed by atoms with Crippen LogP contribution in [0.25, 0.3) is 0 Å². The van der Waals surface area contributed by atoms with Gasteiger partial charge in [-0.05, 0) is 24.8 Å². The Balaban J connectivity index is 2.03. The molecule has 0 aromatic heterocycles. The van der Waals surface area contributed by atoms with E-state index in [0.29, 0.717) is 6.04 Å². The first-order valence-electron chi connectivity index (χ1n) is 6.43. The van der Waals surface area contributed by atoms with Gasteiger partial charge < -0.3 is 10.6 Å². The van der Waals surface area contributed by atoms with Gasteiger partial charge in [0.2, 0.25) is 0 Å². The average molecular weight is 229 g/mol. The van der Waals surface area contributed by atoms with E-state index in [1.165, 1.54) is 18.4 Å². The maximum atomic E-state index is 6.08. The number of nitrogens with two attached hydrogens (primary N) is 1. The lowest BCUT2D eigenvalue weighted by Crippen LogP contribution is -2.50. The van der Waals surface area contributed by atoms with Crippen LogP contribution in [0.1, 0.15) is 31.7 Å². The molecule has 1 aliphatic carbocycles. The summed E-state index contributed by atoms with van der Waals surface area (Å²) in [6.45, 7) is 3.03. The molecule has 0 radical (unpaired) electrons. The monoisotopic (exact) mass is 229 g/mol. The summed E-state index contributed by atoms with van der Waals surface area (Å²) < 4.78 is 0. The van der Waals surface area contributed by atoms with Crippen molar-refractivity contribution in [3.63, 3.8) is 0 Å². The highest BCUT2D eigenvalue weighted by atomic mass is 15.4. The van der Waals surface area contributed by atoms with E-state index in [1.807, 2.05) is 0 Å². The molecule has 1 aromatic carbocycles. The second-order valence-corrected chi connectivity index (χ2v) is 5.03. The smallest absolute Gasteiger partial charge is 0.192 e. The number of aliphatic imine (C=N–C) groups is 1. The van der Waals surface area contributed by atoms with Gasteiger partial charge in [0.1, 0.15) is 0 Å². The number of benzene rings is 1. The van der Waals surface area contributed by atoms with Gasteiger partial charge in [-0.3, -0.25) is 4.99 Å². The Morgan fingerprint density at radius 2 is 2.06 bits per heavy atom. The van der Waals surface area contributed by atoms with Crippen molar-refractivity contribution < 1.29 is 0 Å². The lowest BCUT2D eigenvalue weighted by atomic mass is 9.86. The van der Waals surface area contributed by atoms with Crippen molar-refractivity contribution in [3.8, 4) is 0 Å². The predicted molar refractivity (Wildman–Crippen MR) is 69.8 cm³/mol. The number of hydrogen-bond acceptors (Lipinski definition) is 3. The summed E-state index contributed by atoms with van der Waals surface area (Å²) in [6.07, 6.45) is 3.56. The van der Waals surface area contributed by atoms with E-state index < -0.39 is 0 Å². The van der Waals surface area contributed by atoms with Crippen LogP contribution in [0.3, 0.4) is 0 Å². The first-order valence-corrected chi connectivity index (χ1v) is 6.43. The molecule has 1 unspecified atom stereocenters. The second kappa shape index (κ2) is 3.76. The van der Waals surface area contributed by atoms with Crippen molar-refractivity contribution in [1.82, 2.24) is 4.90 Å². The highest BCUT2D eigenvalue weighted by molar-refractivity contribution is 5.82. The van der Waals surface area contributed by atoms with Crippen LogP contribution in [0, 0.1) is 0 Å². The molecule has 2 N–H and O–H groups in total. The summed E-state index contributed by atoms with van der Waals surface area (Å²) >= 11 is 0. The lowest BCUT2D eigenvalue weighted by Gasteiger charge is -2.39. The molecule has 0 spiro atoms. The molecule has 3 rings (SSSR count). The van der Waals surface area contributed by atoms with E-state index in [4.69, 9.17) is 5.73 Å². The van der Waals surface area contributed by atoms with Crippen LogP contribution in [0.15, 0.2) is 35.3 Å². The summed E-state index contributed by atoms with van der Waals surface area (Å²) in [7, 11) is 0. The minimum atomic E-state index is 0.00646. The number of rotatable bonds is 3. The fourth-order valence-corrected chi connectivity index (χ4v) is 2.92. The molecule has 1 fully saturated rings. The molecular weight excluding hydrogens is 210 g/mol. The Labute approximate surface area is 102 Å². The van der Waals surface area contributed by atoms with Gasteiger partial charge in [0.05, 0.1) is 12.1 Å². The van der Waals surface area contributed by atoms with Crippen molar-refractivity contribution >= 4 is 5.96 Å². The molecule has 3 heteroatoms. The zero-order chi connectivity index (χ0) is 11.9. The molecule has 0 bridgehead atoms. The number of hydrogen-bond donors (Lipinski definition) is 1. The van der Waals surface area contributed by atoms with E-state index in [-0.39, 0.29) is 5.54 Å². The number of nitrogens with zero attached hydrogens (tertiary/aromatic N) is 2. The Morgan fingerprint density at radius 3 is 2.65 bits per heavy atom. The van der Waals surface area contributed by atoms with Crippen LogP contribution in [0.4, 0.5) is 0 Å². The van der Waals surface area contributed by atoms with Crippen LogP contribution < -0.4 is 5.73 Å². The van der Waals surface area contributed by atoms with Crippen molar-refractivity contribution in [2.75, 3.05) is 6.54 Å². The highest BCUT2D eigenvalue weighted by Gasteiger charge is 2.48. The van der Waals surface area contributed by atoms with Gasteiger partial charge in [0.15, 0.2) is 5.96 Å². The molecule has 1 aliphatic heterocycles. The van der Waals surface area contributed by atoms with E-state index >= 15 is 0 Å². The van der Waals surface area contributed by atoms with Gasteiger partial charge in [0.25, 0.3) is 0 Å². The third-order valence-corrected chi connectivity index (χ3v) is 4.02. The first-order chi connectivity index (χ1) is 8.28. The van der Waals surface area contributed by atoms with Gasteiger partial charge in [-0.15, -0.1) is 0 Å². The van der Waals surface area contributed by atoms with E-state index in [1.54, 1.807) is 0 Å². The Kier molecular flexibility index (Phi) is 2.35. The minimum absolute atomic E-state index is 0.00646. The quantitative estimate of drug-likeness (QED) is 0.862. The van der Waals surface area contributed by atoms with Crippen molar-refractivity contribution in [1.29, 1.82) is 0 Å². The fraction of sp³-hybridized carbons (Fsp3) is 0.500. The summed E-state index contributed by atoms with van der Waals surface area (Å²) in [4.78, 5) is 6.86. The van der Waals surface area contributed by atoms with Gasteiger partial charge in [0, 0.05) is 6.04 Å². The maximum absolute atomic E-state index is 6.08. The molecule has 1 atom stereocenters. The topological polar surface area (TPSA) is 41.6 Å². The van der Waals surface area contributed by atoms with Crippen LogP contribution in [-0.2, 0) is 5.54 Å².